The average molecular weight is 481 g/mol. The first-order valence-electron chi connectivity index (χ1n) is 12.1. The van der Waals surface area contributed by atoms with Crippen LogP contribution in [0.15, 0.2) is 36.4 Å². The number of aryl methyl sites for hydroxylation is 2. The highest BCUT2D eigenvalue weighted by Gasteiger charge is 2.39. The SMILES string of the molecule is CCc1cc(C2(CCc3ccc(CO)c(CO)c3)CCCCC2)ccc1OCC(O)C(F)(F)F. The lowest BCUT2D eigenvalue weighted by atomic mass is 9.66. The Hall–Kier alpha value is -2.09. The Balaban J connectivity index is 1.81. The minimum atomic E-state index is -4.70. The molecule has 0 aliphatic heterocycles. The molecule has 7 heteroatoms. The fourth-order valence-electron chi connectivity index (χ4n) is 5.02. The van der Waals surface area contributed by atoms with Crippen LogP contribution in [-0.4, -0.2) is 34.2 Å². The minimum absolute atomic E-state index is 0.0266. The molecule has 1 aliphatic rings. The Bertz CT molecular complexity index is 936. The molecule has 0 radical (unpaired) electrons. The van der Waals surface area contributed by atoms with E-state index in [0.29, 0.717) is 12.2 Å². The molecule has 0 heterocycles. The van der Waals surface area contributed by atoms with Gasteiger partial charge in [0.2, 0.25) is 0 Å². The molecule has 4 nitrogen and oxygen atoms in total. The maximum absolute atomic E-state index is 12.7. The maximum Gasteiger partial charge on any atom is 0.417 e. The highest BCUT2D eigenvalue weighted by molar-refractivity contribution is 5.41. The van der Waals surface area contributed by atoms with Crippen LogP contribution in [-0.2, 0) is 31.5 Å². The van der Waals surface area contributed by atoms with Crippen molar-refractivity contribution in [2.45, 2.75) is 89.2 Å². The summed E-state index contributed by atoms with van der Waals surface area (Å²) in [4.78, 5) is 0. The molecule has 2 aromatic rings. The van der Waals surface area contributed by atoms with Crippen LogP contribution < -0.4 is 4.74 Å². The second-order valence-corrected chi connectivity index (χ2v) is 9.30. The van der Waals surface area contributed by atoms with Crippen molar-refractivity contribution in [3.05, 3.63) is 64.2 Å². The standard InChI is InChI=1S/C27H35F3O4/c1-2-20-15-23(8-9-24(20)34-18-25(33)27(28,29)30)26(11-4-3-5-12-26)13-10-19-6-7-21(16-31)22(14-19)17-32/h6-9,14-15,25,31-33H,2-5,10-13,16-18H2,1H3. The highest BCUT2D eigenvalue weighted by Crippen LogP contribution is 2.44. The third-order valence-corrected chi connectivity index (χ3v) is 7.14. The highest BCUT2D eigenvalue weighted by atomic mass is 19.4. The average Bonchev–Trinajstić information content (AvgIpc) is 2.85. The molecule has 0 amide bonds. The Labute approximate surface area is 199 Å². The molecule has 1 atom stereocenters. The molecule has 0 spiro atoms. The van der Waals surface area contributed by atoms with Gasteiger partial charge in [0, 0.05) is 0 Å². The van der Waals surface area contributed by atoms with E-state index in [4.69, 9.17) is 4.74 Å². The smallest absolute Gasteiger partial charge is 0.417 e. The number of halogens is 3. The fourth-order valence-corrected chi connectivity index (χ4v) is 5.02. The lowest BCUT2D eigenvalue weighted by Crippen LogP contribution is -2.34. The first-order valence-corrected chi connectivity index (χ1v) is 12.1. The van der Waals surface area contributed by atoms with Gasteiger partial charge in [-0.3, -0.25) is 0 Å². The van der Waals surface area contributed by atoms with Gasteiger partial charge in [0.15, 0.2) is 6.10 Å². The summed E-state index contributed by atoms with van der Waals surface area (Å²) in [5, 5.41) is 28.4. The number of hydrogen-bond acceptors (Lipinski definition) is 4. The zero-order valence-corrected chi connectivity index (χ0v) is 19.7. The van der Waals surface area contributed by atoms with Gasteiger partial charge in [0.25, 0.3) is 0 Å². The van der Waals surface area contributed by atoms with Crippen LogP contribution in [0.1, 0.15) is 73.3 Å². The number of alkyl halides is 3. The van der Waals surface area contributed by atoms with Crippen LogP contribution in [0.2, 0.25) is 0 Å². The lowest BCUT2D eigenvalue weighted by Gasteiger charge is -2.39. The van der Waals surface area contributed by atoms with Gasteiger partial charge in [-0.15, -0.1) is 0 Å². The van der Waals surface area contributed by atoms with E-state index in [1.165, 1.54) is 12.0 Å². The van der Waals surface area contributed by atoms with Gasteiger partial charge < -0.3 is 20.1 Å². The Kier molecular flexibility index (Phi) is 9.01. The molecule has 0 saturated heterocycles. The van der Waals surface area contributed by atoms with Crippen LogP contribution >= 0.6 is 0 Å². The Morgan fingerprint density at radius 3 is 2.26 bits per heavy atom. The number of rotatable bonds is 10. The van der Waals surface area contributed by atoms with Crippen molar-refractivity contribution >= 4 is 0 Å². The summed E-state index contributed by atoms with van der Waals surface area (Å²) >= 11 is 0. The van der Waals surface area contributed by atoms with E-state index in [1.807, 2.05) is 31.2 Å². The summed E-state index contributed by atoms with van der Waals surface area (Å²) in [6.07, 6.45) is 0.693. The van der Waals surface area contributed by atoms with Crippen LogP contribution in [0.4, 0.5) is 13.2 Å². The lowest BCUT2D eigenvalue weighted by molar-refractivity contribution is -0.210. The van der Waals surface area contributed by atoms with E-state index in [-0.39, 0.29) is 18.6 Å². The molecule has 188 valence electrons. The molecule has 2 aromatic carbocycles. The zero-order chi connectivity index (χ0) is 24.8. The Morgan fingerprint density at radius 1 is 0.941 bits per heavy atom. The molecule has 3 rings (SSSR count). The number of ether oxygens (including phenoxy) is 1. The Morgan fingerprint density at radius 2 is 1.65 bits per heavy atom. The van der Waals surface area contributed by atoms with E-state index < -0.39 is 18.9 Å². The normalized spacial score (nSPS) is 16.9. The van der Waals surface area contributed by atoms with E-state index in [2.05, 4.69) is 6.07 Å². The predicted octanol–water partition coefficient (Wildman–Crippen LogP) is 5.37. The summed E-state index contributed by atoms with van der Waals surface area (Å²) in [7, 11) is 0. The topological polar surface area (TPSA) is 69.9 Å². The molecule has 1 fully saturated rings. The zero-order valence-electron chi connectivity index (χ0n) is 19.7. The third kappa shape index (κ3) is 6.32. The number of benzene rings is 2. The van der Waals surface area contributed by atoms with Crippen LogP contribution in [0, 0.1) is 0 Å². The first kappa shape index (κ1) is 26.5. The molecular weight excluding hydrogens is 445 g/mol. The molecule has 1 aliphatic carbocycles. The molecule has 0 bridgehead atoms. The van der Waals surface area contributed by atoms with E-state index >= 15 is 0 Å². The van der Waals surface area contributed by atoms with Gasteiger partial charge in [-0.05, 0) is 71.4 Å². The second-order valence-electron chi connectivity index (χ2n) is 9.30. The minimum Gasteiger partial charge on any atom is -0.490 e. The van der Waals surface area contributed by atoms with Gasteiger partial charge in [-0.2, -0.15) is 13.2 Å². The summed E-state index contributed by atoms with van der Waals surface area (Å²) in [5.41, 5.74) is 4.59. The number of aliphatic hydroxyl groups excluding tert-OH is 3. The second kappa shape index (κ2) is 11.6. The van der Waals surface area contributed by atoms with E-state index in [0.717, 1.165) is 60.8 Å². The summed E-state index contributed by atoms with van der Waals surface area (Å²) in [5.74, 6) is 0.382. The van der Waals surface area contributed by atoms with Gasteiger partial charge in [-0.1, -0.05) is 56.5 Å². The first-order chi connectivity index (χ1) is 16.2. The van der Waals surface area contributed by atoms with Crippen molar-refractivity contribution in [2.75, 3.05) is 6.61 Å². The largest absolute Gasteiger partial charge is 0.490 e. The molecular formula is C27H35F3O4. The van der Waals surface area contributed by atoms with E-state index in [9.17, 15) is 28.5 Å². The summed E-state index contributed by atoms with van der Waals surface area (Å²) in [6, 6.07) is 11.6. The van der Waals surface area contributed by atoms with Crippen LogP contribution in [0.3, 0.4) is 0 Å². The number of aliphatic hydroxyl groups is 3. The van der Waals surface area contributed by atoms with Gasteiger partial charge in [-0.25, -0.2) is 0 Å². The van der Waals surface area contributed by atoms with Crippen molar-refractivity contribution in [1.29, 1.82) is 0 Å². The monoisotopic (exact) mass is 480 g/mol. The quantitative estimate of drug-likeness (QED) is 0.428. The molecule has 1 unspecified atom stereocenters. The van der Waals surface area contributed by atoms with Gasteiger partial charge in [0.05, 0.1) is 13.2 Å². The molecule has 1 saturated carbocycles. The van der Waals surface area contributed by atoms with Gasteiger partial charge >= 0.3 is 6.18 Å². The number of hydrogen-bond donors (Lipinski definition) is 3. The summed E-state index contributed by atoms with van der Waals surface area (Å²) < 4.78 is 43.3. The molecule has 34 heavy (non-hydrogen) atoms. The fraction of sp³-hybridized carbons (Fsp3) is 0.556. The van der Waals surface area contributed by atoms with Crippen molar-refractivity contribution in [2.24, 2.45) is 0 Å². The maximum atomic E-state index is 12.7. The third-order valence-electron chi connectivity index (χ3n) is 7.14. The van der Waals surface area contributed by atoms with Crippen molar-refractivity contribution in [3.8, 4) is 5.75 Å². The molecule has 0 aromatic heterocycles. The van der Waals surface area contributed by atoms with Crippen molar-refractivity contribution < 1.29 is 33.2 Å². The molecule has 3 N–H and O–H groups in total. The summed E-state index contributed by atoms with van der Waals surface area (Å²) in [6.45, 7) is 0.907. The van der Waals surface area contributed by atoms with E-state index in [1.54, 1.807) is 6.07 Å². The van der Waals surface area contributed by atoms with Crippen molar-refractivity contribution in [3.63, 3.8) is 0 Å². The van der Waals surface area contributed by atoms with Crippen LogP contribution in [0.25, 0.3) is 0 Å². The van der Waals surface area contributed by atoms with Crippen LogP contribution in [0.5, 0.6) is 5.75 Å². The predicted molar refractivity (Wildman–Crippen MR) is 125 cm³/mol. The van der Waals surface area contributed by atoms with Gasteiger partial charge in [0.1, 0.15) is 12.4 Å². The van der Waals surface area contributed by atoms with Crippen molar-refractivity contribution in [1.82, 2.24) is 0 Å².